The van der Waals surface area contributed by atoms with Gasteiger partial charge in [0.2, 0.25) is 11.8 Å². The molecule has 1 N–H and O–H groups in total. The maximum atomic E-state index is 14.2. The smallest absolute Gasteiger partial charge is 0.264 e. The van der Waals surface area contributed by atoms with Crippen molar-refractivity contribution in [3.8, 4) is 0 Å². The van der Waals surface area contributed by atoms with Gasteiger partial charge in [-0.1, -0.05) is 92.8 Å². The van der Waals surface area contributed by atoms with E-state index in [9.17, 15) is 18.0 Å². The first-order valence-electron chi connectivity index (χ1n) is 15.3. The first kappa shape index (κ1) is 32.3. The number of carbonyl (C=O) groups is 2. The Labute approximate surface area is 257 Å². The molecule has 1 saturated carbocycles. The van der Waals surface area contributed by atoms with Crippen molar-refractivity contribution in [3.05, 3.63) is 95.1 Å². The second kappa shape index (κ2) is 14.2. The summed E-state index contributed by atoms with van der Waals surface area (Å²) in [6, 6.07) is 21.0. The lowest BCUT2D eigenvalue weighted by atomic mass is 9.95. The molecule has 8 heteroatoms. The molecule has 0 aliphatic heterocycles. The Hall–Kier alpha value is -3.65. The van der Waals surface area contributed by atoms with Gasteiger partial charge in [0.25, 0.3) is 10.0 Å². The van der Waals surface area contributed by atoms with Crippen LogP contribution in [0.5, 0.6) is 0 Å². The van der Waals surface area contributed by atoms with Crippen molar-refractivity contribution in [2.75, 3.05) is 10.8 Å². The van der Waals surface area contributed by atoms with E-state index >= 15 is 0 Å². The number of anilines is 1. The molecular weight excluding hydrogens is 558 g/mol. The molecule has 3 aromatic carbocycles. The van der Waals surface area contributed by atoms with Crippen molar-refractivity contribution < 1.29 is 18.0 Å². The van der Waals surface area contributed by atoms with E-state index in [4.69, 9.17) is 0 Å². The zero-order chi connectivity index (χ0) is 31.1. The fourth-order valence-corrected chi connectivity index (χ4v) is 6.96. The van der Waals surface area contributed by atoms with Gasteiger partial charge in [0, 0.05) is 12.6 Å². The number of rotatable bonds is 11. The number of hydrogen-bond donors (Lipinski definition) is 1. The molecule has 230 valence electrons. The molecular formula is C35H45N3O4S. The summed E-state index contributed by atoms with van der Waals surface area (Å²) in [6.45, 7) is 9.48. The van der Waals surface area contributed by atoms with Crippen LogP contribution in [0.3, 0.4) is 0 Å². The third kappa shape index (κ3) is 8.25. The average molecular weight is 604 g/mol. The Balaban J connectivity index is 1.69. The van der Waals surface area contributed by atoms with Crippen LogP contribution in [0.4, 0.5) is 5.69 Å². The highest BCUT2D eigenvalue weighted by Gasteiger charge is 2.33. The maximum absolute atomic E-state index is 14.2. The van der Waals surface area contributed by atoms with Crippen molar-refractivity contribution in [1.29, 1.82) is 0 Å². The molecule has 1 fully saturated rings. The number of nitrogens with one attached hydrogen (secondary N) is 1. The van der Waals surface area contributed by atoms with Gasteiger partial charge >= 0.3 is 0 Å². The van der Waals surface area contributed by atoms with E-state index in [1.165, 1.54) is 15.6 Å². The SMILES string of the molecule is Cc1ccc(S(=O)(=O)N(CC(=O)N(Cc2cccc(C)c2)[C@H](C)C(=O)NC2CCCCC2)c2ccc(C(C)C)cc2)cc1. The first-order chi connectivity index (χ1) is 20.5. The Morgan fingerprint density at radius 3 is 2.12 bits per heavy atom. The number of aryl methyl sites for hydroxylation is 2. The topological polar surface area (TPSA) is 86.8 Å². The van der Waals surface area contributed by atoms with Gasteiger partial charge in [-0.3, -0.25) is 13.9 Å². The fourth-order valence-electron chi connectivity index (χ4n) is 5.55. The summed E-state index contributed by atoms with van der Waals surface area (Å²) in [5, 5.41) is 3.15. The van der Waals surface area contributed by atoms with Crippen LogP contribution in [0.1, 0.15) is 81.0 Å². The van der Waals surface area contributed by atoms with Crippen LogP contribution >= 0.6 is 0 Å². The van der Waals surface area contributed by atoms with Gasteiger partial charge in [-0.25, -0.2) is 8.42 Å². The molecule has 0 saturated heterocycles. The van der Waals surface area contributed by atoms with E-state index in [1.54, 1.807) is 43.3 Å². The molecule has 43 heavy (non-hydrogen) atoms. The molecule has 0 heterocycles. The van der Waals surface area contributed by atoms with Crippen LogP contribution in [0.15, 0.2) is 77.7 Å². The summed E-state index contributed by atoms with van der Waals surface area (Å²) in [5.74, 6) is -0.398. The zero-order valence-corrected chi connectivity index (χ0v) is 26.9. The predicted octanol–water partition coefficient (Wildman–Crippen LogP) is 6.49. The lowest BCUT2D eigenvalue weighted by Crippen LogP contribution is -2.53. The molecule has 1 atom stereocenters. The Morgan fingerprint density at radius 1 is 0.860 bits per heavy atom. The highest BCUT2D eigenvalue weighted by atomic mass is 32.2. The first-order valence-corrected chi connectivity index (χ1v) is 16.7. The van der Waals surface area contributed by atoms with E-state index < -0.39 is 28.5 Å². The monoisotopic (exact) mass is 603 g/mol. The normalized spacial score (nSPS) is 14.7. The second-order valence-corrected chi connectivity index (χ2v) is 14.0. The summed E-state index contributed by atoms with van der Waals surface area (Å²) in [5.41, 5.74) is 4.31. The van der Waals surface area contributed by atoms with E-state index in [-0.39, 0.29) is 29.3 Å². The fraction of sp³-hybridized carbons (Fsp3) is 0.429. The largest absolute Gasteiger partial charge is 0.352 e. The number of carbonyl (C=O) groups excluding carboxylic acids is 2. The highest BCUT2D eigenvalue weighted by Crippen LogP contribution is 2.27. The molecule has 4 rings (SSSR count). The molecule has 0 unspecified atom stereocenters. The van der Waals surface area contributed by atoms with Crippen LogP contribution in [0, 0.1) is 13.8 Å². The summed E-state index contributed by atoms with van der Waals surface area (Å²) in [6.07, 6.45) is 5.18. The molecule has 0 radical (unpaired) electrons. The average Bonchev–Trinajstić information content (AvgIpc) is 2.99. The lowest BCUT2D eigenvalue weighted by molar-refractivity contribution is -0.139. The molecule has 0 bridgehead atoms. The van der Waals surface area contributed by atoms with Crippen molar-refractivity contribution in [1.82, 2.24) is 10.2 Å². The molecule has 0 aromatic heterocycles. The van der Waals surface area contributed by atoms with Gasteiger partial charge in [-0.15, -0.1) is 0 Å². The summed E-state index contributed by atoms with van der Waals surface area (Å²) < 4.78 is 29.3. The second-order valence-electron chi connectivity index (χ2n) is 12.1. The third-order valence-corrected chi connectivity index (χ3v) is 10.1. The van der Waals surface area contributed by atoms with E-state index in [0.717, 1.165) is 47.9 Å². The van der Waals surface area contributed by atoms with Crippen molar-refractivity contribution in [2.24, 2.45) is 0 Å². The number of nitrogens with zero attached hydrogens (tertiary/aromatic N) is 2. The van der Waals surface area contributed by atoms with E-state index in [0.29, 0.717) is 5.69 Å². The van der Waals surface area contributed by atoms with Gasteiger partial charge in [0.1, 0.15) is 12.6 Å². The Kier molecular flexibility index (Phi) is 10.7. The summed E-state index contributed by atoms with van der Waals surface area (Å²) in [4.78, 5) is 29.3. The van der Waals surface area contributed by atoms with Crippen molar-refractivity contribution in [3.63, 3.8) is 0 Å². The Morgan fingerprint density at radius 2 is 1.51 bits per heavy atom. The van der Waals surface area contributed by atoms with E-state index in [1.807, 2.05) is 50.2 Å². The van der Waals surface area contributed by atoms with Crippen LogP contribution in [-0.4, -0.2) is 43.8 Å². The number of amides is 2. The third-order valence-electron chi connectivity index (χ3n) is 8.29. The molecule has 0 spiro atoms. The van der Waals surface area contributed by atoms with Crippen LogP contribution < -0.4 is 9.62 Å². The summed E-state index contributed by atoms with van der Waals surface area (Å²) in [7, 11) is -4.10. The standard InChI is InChI=1S/C35H45N3O4S/c1-25(2)30-16-18-32(19-17-30)38(43(41,42)33-20-14-26(3)15-21-33)24-34(39)37(23-29-11-9-10-27(4)22-29)28(5)35(40)36-31-12-7-6-8-13-31/h9-11,14-22,25,28,31H,6-8,12-13,23-24H2,1-5H3,(H,36,40)/t28-/m1/s1. The molecule has 2 amide bonds. The molecule has 1 aliphatic carbocycles. The molecule has 7 nitrogen and oxygen atoms in total. The van der Waals surface area contributed by atoms with Crippen molar-refractivity contribution >= 4 is 27.5 Å². The minimum absolute atomic E-state index is 0.0949. The Bertz CT molecular complexity index is 1490. The predicted molar refractivity (Wildman–Crippen MR) is 172 cm³/mol. The highest BCUT2D eigenvalue weighted by molar-refractivity contribution is 7.92. The van der Waals surface area contributed by atoms with Gasteiger partial charge in [-0.2, -0.15) is 0 Å². The van der Waals surface area contributed by atoms with Gasteiger partial charge < -0.3 is 10.2 Å². The molecule has 3 aromatic rings. The zero-order valence-electron chi connectivity index (χ0n) is 26.0. The number of sulfonamides is 1. The minimum atomic E-state index is -4.10. The minimum Gasteiger partial charge on any atom is -0.352 e. The number of benzene rings is 3. The lowest BCUT2D eigenvalue weighted by Gasteiger charge is -2.33. The van der Waals surface area contributed by atoms with Crippen LogP contribution in [0.2, 0.25) is 0 Å². The van der Waals surface area contributed by atoms with Crippen LogP contribution in [-0.2, 0) is 26.2 Å². The maximum Gasteiger partial charge on any atom is 0.264 e. The van der Waals surface area contributed by atoms with Crippen molar-refractivity contribution in [2.45, 2.75) is 96.2 Å². The number of hydrogen-bond acceptors (Lipinski definition) is 4. The quantitative estimate of drug-likeness (QED) is 0.272. The van der Waals surface area contributed by atoms with Gasteiger partial charge in [-0.05, 0) is 74.9 Å². The van der Waals surface area contributed by atoms with E-state index in [2.05, 4.69) is 19.2 Å². The van der Waals surface area contributed by atoms with Crippen LogP contribution in [0.25, 0.3) is 0 Å². The molecule has 1 aliphatic rings. The van der Waals surface area contributed by atoms with Gasteiger partial charge in [0.05, 0.1) is 10.6 Å². The van der Waals surface area contributed by atoms with Gasteiger partial charge in [0.15, 0.2) is 0 Å². The summed E-state index contributed by atoms with van der Waals surface area (Å²) >= 11 is 0.